The van der Waals surface area contributed by atoms with Crippen LogP contribution in [0.15, 0.2) is 0 Å². The van der Waals surface area contributed by atoms with Gasteiger partial charge in [0.2, 0.25) is 0 Å². The molecule has 0 aromatic carbocycles. The summed E-state index contributed by atoms with van der Waals surface area (Å²) in [4.78, 5) is 0. The molecule has 0 fully saturated rings. The summed E-state index contributed by atoms with van der Waals surface area (Å²) in [6, 6.07) is 0. The van der Waals surface area contributed by atoms with Gasteiger partial charge in [-0.15, -0.1) is 0 Å². The van der Waals surface area contributed by atoms with Crippen LogP contribution in [0.2, 0.25) is 0 Å². The molecule has 0 atom stereocenters. The monoisotopic (exact) mass is 192 g/mol. The van der Waals surface area contributed by atoms with Crippen LogP contribution in [0.4, 0.5) is 0 Å². The molecule has 0 rings (SSSR count). The summed E-state index contributed by atoms with van der Waals surface area (Å²) in [5.41, 5.74) is 0. The Labute approximate surface area is 78.5 Å². The summed E-state index contributed by atoms with van der Waals surface area (Å²) in [6.45, 7) is 0. The second kappa shape index (κ2) is 5.93. The van der Waals surface area contributed by atoms with Crippen LogP contribution in [0, 0.1) is 0 Å². The Balaban J connectivity index is -0.0000000800. The van der Waals surface area contributed by atoms with Crippen molar-refractivity contribution in [2.45, 2.75) is 0 Å². The van der Waals surface area contributed by atoms with Gasteiger partial charge in [0.25, 0.3) is 0 Å². The van der Waals surface area contributed by atoms with Crippen LogP contribution in [0.25, 0.3) is 0 Å². The summed E-state index contributed by atoms with van der Waals surface area (Å²) in [5.74, 6) is 0. The van der Waals surface area contributed by atoms with Crippen LogP contribution in [0.5, 0.6) is 0 Å². The van der Waals surface area contributed by atoms with Crippen LogP contribution in [0.3, 0.4) is 0 Å². The zero-order valence-electron chi connectivity index (χ0n) is 4.04. The van der Waals surface area contributed by atoms with Gasteiger partial charge in [0, 0.05) is 0 Å². The molecule has 0 aliphatic heterocycles. The first-order valence-electron chi connectivity index (χ1n) is 0.667. The molecule has 7 heteroatoms. The van der Waals surface area contributed by atoms with Crippen molar-refractivity contribution in [2.24, 2.45) is 0 Å². The van der Waals surface area contributed by atoms with Gasteiger partial charge < -0.3 is 0 Å². The van der Waals surface area contributed by atoms with E-state index in [1.807, 2.05) is 0 Å². The van der Waals surface area contributed by atoms with E-state index in [1.165, 1.54) is 0 Å². The van der Waals surface area contributed by atoms with E-state index >= 15 is 0 Å². The molecule has 0 aliphatic rings. The summed E-state index contributed by atoms with van der Waals surface area (Å²) >= 11 is -6.02. The van der Waals surface area contributed by atoms with Gasteiger partial charge in [0.05, 0.1) is 0 Å². The van der Waals surface area contributed by atoms with E-state index in [1.54, 1.807) is 0 Å². The van der Waals surface area contributed by atoms with E-state index in [-0.39, 0.29) is 48.4 Å². The van der Waals surface area contributed by atoms with Crippen LogP contribution in [0.1, 0.15) is 0 Å². The van der Waals surface area contributed by atoms with Crippen LogP contribution in [-0.4, -0.2) is 0 Å². The number of hydrogen-bond acceptors (Lipinski definition) is 4. The Kier molecular flexibility index (Phi) is 13.5. The molecule has 0 aromatic heterocycles. The molecule has 0 aromatic rings. The SMILES string of the molecule is [Li+].[Na+].[O]=[Mo](=[O])([O-])[O-]. The first-order chi connectivity index (χ1) is 2.00. The van der Waals surface area contributed by atoms with E-state index in [0.717, 1.165) is 0 Å². The molecule has 7 heavy (non-hydrogen) atoms. The second-order valence-electron chi connectivity index (χ2n) is 0.408. The van der Waals surface area contributed by atoms with Crippen LogP contribution >= 0.6 is 0 Å². The summed E-state index contributed by atoms with van der Waals surface area (Å²) in [5, 5.41) is 0. The Hall–Kier alpha value is 1.81. The molecule has 0 heterocycles. The van der Waals surface area contributed by atoms with Crippen molar-refractivity contribution in [3.63, 3.8) is 0 Å². The van der Waals surface area contributed by atoms with E-state index in [4.69, 9.17) is 14.3 Å². The van der Waals surface area contributed by atoms with Crippen molar-refractivity contribution >= 4 is 0 Å². The third-order valence-electron chi connectivity index (χ3n) is 0. The van der Waals surface area contributed by atoms with E-state index in [2.05, 4.69) is 0 Å². The molecule has 0 amide bonds. The maximum atomic E-state index is 8.63. The van der Waals surface area contributed by atoms with Gasteiger partial charge in [-0.2, -0.15) is 0 Å². The minimum absolute atomic E-state index is 0. The second-order valence-corrected chi connectivity index (χ2v) is 2.42. The van der Waals surface area contributed by atoms with Crippen molar-refractivity contribution in [3.05, 3.63) is 0 Å². The first-order valence-corrected chi connectivity index (χ1v) is 3.94. The fraction of sp³-hybridized carbons (Fsp3) is 0. The van der Waals surface area contributed by atoms with Gasteiger partial charge in [-0.1, -0.05) is 0 Å². The quantitative estimate of drug-likeness (QED) is 0.355. The number of rotatable bonds is 0. The molecule has 0 unspecified atom stereocenters. The fourth-order valence-electron chi connectivity index (χ4n) is 0. The Morgan fingerprint density at radius 1 is 1.14 bits per heavy atom. The molecular weight excluding hydrogens is 190 g/mol. The molecule has 0 aliphatic carbocycles. The Morgan fingerprint density at radius 3 is 1.14 bits per heavy atom. The topological polar surface area (TPSA) is 80.3 Å². The zero-order valence-corrected chi connectivity index (χ0v) is 8.05. The normalized spacial score (nSPS) is 8.29. The first kappa shape index (κ1) is 15.9. The minimum atomic E-state index is -6.02. The van der Waals surface area contributed by atoms with Crippen LogP contribution in [-0.2, 0) is 23.5 Å². The molecule has 0 N–H and O–H groups in total. The van der Waals surface area contributed by atoms with Crippen molar-refractivity contribution in [1.29, 1.82) is 0 Å². The van der Waals surface area contributed by atoms with Gasteiger partial charge in [0.1, 0.15) is 0 Å². The molecule has 4 nitrogen and oxygen atoms in total. The summed E-state index contributed by atoms with van der Waals surface area (Å²) in [7, 11) is 0. The molecular formula is LiMoNaO4. The molecule has 0 saturated carbocycles. The average Bonchev–Trinajstić information content (AvgIpc) is 0.722. The predicted octanol–water partition coefficient (Wildman–Crippen LogP) is -8.61. The molecule has 0 radical (unpaired) electrons. The summed E-state index contributed by atoms with van der Waals surface area (Å²) < 4.78 is 34.5. The van der Waals surface area contributed by atoms with Gasteiger partial charge in [-0.25, -0.2) is 0 Å². The van der Waals surface area contributed by atoms with Gasteiger partial charge in [-0.05, 0) is 0 Å². The molecule has 0 spiro atoms. The number of hydrogen-bond donors (Lipinski definition) is 0. The van der Waals surface area contributed by atoms with Crippen molar-refractivity contribution in [3.8, 4) is 0 Å². The third-order valence-corrected chi connectivity index (χ3v) is 0. The molecule has 0 saturated heterocycles. The van der Waals surface area contributed by atoms with Crippen LogP contribution < -0.4 is 55.9 Å². The fourth-order valence-corrected chi connectivity index (χ4v) is 0. The standard InChI is InChI=1S/Li.Mo.Na.4O/q+1;;+1;;;2*-1. The maximum absolute atomic E-state index is 8.63. The zero-order chi connectivity index (χ0) is 4.50. The van der Waals surface area contributed by atoms with Gasteiger partial charge in [0.15, 0.2) is 0 Å². The van der Waals surface area contributed by atoms with E-state index < -0.39 is 16.7 Å². The Morgan fingerprint density at radius 2 is 1.14 bits per heavy atom. The Bertz CT molecular complexity index is 94.9. The predicted molar refractivity (Wildman–Crippen MR) is 1.37 cm³/mol. The average molecular weight is 190 g/mol. The molecule has 0 bridgehead atoms. The third kappa shape index (κ3) is 80.7. The van der Waals surface area contributed by atoms with E-state index in [0.29, 0.717) is 0 Å². The molecule has 32 valence electrons. The van der Waals surface area contributed by atoms with Crippen molar-refractivity contribution in [1.82, 2.24) is 0 Å². The van der Waals surface area contributed by atoms with Crippen molar-refractivity contribution < 1.29 is 79.5 Å². The summed E-state index contributed by atoms with van der Waals surface area (Å²) in [6.07, 6.45) is 0. The van der Waals surface area contributed by atoms with Crippen molar-refractivity contribution in [2.75, 3.05) is 0 Å². The van der Waals surface area contributed by atoms with Gasteiger partial charge in [-0.3, -0.25) is 0 Å². The van der Waals surface area contributed by atoms with Gasteiger partial charge >= 0.3 is 79.5 Å². The van der Waals surface area contributed by atoms with E-state index in [9.17, 15) is 0 Å².